The molecule has 1 fully saturated rings. The van der Waals surface area contributed by atoms with Crippen molar-refractivity contribution in [2.75, 3.05) is 0 Å². The highest BCUT2D eigenvalue weighted by Gasteiger charge is 2.29. The van der Waals surface area contributed by atoms with Crippen LogP contribution in [0.4, 0.5) is 0 Å². The van der Waals surface area contributed by atoms with Gasteiger partial charge in [0.25, 0.3) is 10.0 Å². The van der Waals surface area contributed by atoms with E-state index in [-0.39, 0.29) is 6.04 Å². The zero-order valence-corrected chi connectivity index (χ0v) is 7.87. The van der Waals surface area contributed by atoms with Crippen molar-refractivity contribution in [1.82, 2.24) is 4.72 Å². The molecule has 1 saturated carbocycles. The minimum absolute atomic E-state index is 0.0465. The van der Waals surface area contributed by atoms with Crippen LogP contribution >= 0.6 is 0 Å². The summed E-state index contributed by atoms with van der Waals surface area (Å²) < 4.78 is 26.8. The Kier molecular flexibility index (Phi) is 2.09. The third-order valence-electron chi connectivity index (χ3n) is 1.88. The maximum absolute atomic E-state index is 11.5. The lowest BCUT2D eigenvalue weighted by Gasteiger charge is -2.01. The lowest BCUT2D eigenvalue weighted by molar-refractivity contribution is 0.579. The van der Waals surface area contributed by atoms with Gasteiger partial charge in [-0.3, -0.25) is 0 Å². The lowest BCUT2D eigenvalue weighted by Crippen LogP contribution is -2.17. The lowest BCUT2D eigenvalue weighted by atomic mass is 10.4. The molecule has 0 aromatic heterocycles. The van der Waals surface area contributed by atoms with Crippen LogP contribution in [0.3, 0.4) is 0 Å². The largest absolute Gasteiger partial charge is 0.257 e. The fourth-order valence-electron chi connectivity index (χ4n) is 1.03. The Hall–Kier alpha value is -0.870. The molecule has 4 heteroatoms. The molecule has 0 atom stereocenters. The van der Waals surface area contributed by atoms with Gasteiger partial charge in [0.2, 0.25) is 0 Å². The minimum atomic E-state index is -3.37. The average Bonchev–Trinajstić information content (AvgIpc) is 2.89. The quantitative estimate of drug-likeness (QED) is 0.728. The van der Waals surface area contributed by atoms with Gasteiger partial charge in [-0.2, -0.15) is 0 Å². The van der Waals surface area contributed by atoms with E-state index in [9.17, 15) is 8.42 Å². The summed E-state index contributed by atoms with van der Waals surface area (Å²) in [6.45, 7) is 0. The molecule has 1 aliphatic rings. The Labute approximate surface area is 77.8 Å². The second-order valence-electron chi connectivity index (χ2n) is 3.12. The molecule has 0 unspecified atom stereocenters. The Morgan fingerprint density at radius 3 is 2.31 bits per heavy atom. The Balaban J connectivity index is 2.23. The van der Waals surface area contributed by atoms with Gasteiger partial charge in [0.1, 0.15) is 0 Å². The van der Waals surface area contributed by atoms with Gasteiger partial charge in [-0.25, -0.2) is 8.42 Å². The highest BCUT2D eigenvalue weighted by atomic mass is 32.2. The first-order chi connectivity index (χ1) is 6.18. The molecule has 1 aromatic rings. The van der Waals surface area contributed by atoms with Crippen LogP contribution in [0.2, 0.25) is 0 Å². The molecule has 69 valence electrons. The van der Waals surface area contributed by atoms with Crippen molar-refractivity contribution in [1.29, 1.82) is 0 Å². The molecule has 0 heterocycles. The molecule has 1 aliphatic carbocycles. The Morgan fingerprint density at radius 1 is 1.15 bits per heavy atom. The van der Waals surface area contributed by atoms with Gasteiger partial charge in [0.15, 0.2) is 0 Å². The SMILES string of the molecule is O=S(=O)([N]C1CC1)c1ccccc1. The summed E-state index contributed by atoms with van der Waals surface area (Å²) >= 11 is 0. The van der Waals surface area contributed by atoms with E-state index in [0.29, 0.717) is 4.90 Å². The van der Waals surface area contributed by atoms with Crippen LogP contribution in [-0.4, -0.2) is 14.5 Å². The summed E-state index contributed by atoms with van der Waals surface area (Å²) in [5.41, 5.74) is 0. The van der Waals surface area contributed by atoms with Crippen LogP contribution in [0.5, 0.6) is 0 Å². The van der Waals surface area contributed by atoms with Gasteiger partial charge in [0.05, 0.1) is 4.90 Å². The number of hydrogen-bond donors (Lipinski definition) is 0. The van der Waals surface area contributed by atoms with Crippen molar-refractivity contribution in [3.63, 3.8) is 0 Å². The molecule has 3 nitrogen and oxygen atoms in total. The number of hydrogen-bond acceptors (Lipinski definition) is 2. The van der Waals surface area contributed by atoms with E-state index in [4.69, 9.17) is 0 Å². The van der Waals surface area contributed by atoms with Crippen molar-refractivity contribution in [2.45, 2.75) is 23.8 Å². The highest BCUT2D eigenvalue weighted by Crippen LogP contribution is 2.23. The smallest absolute Gasteiger partial charge is 0.206 e. The van der Waals surface area contributed by atoms with E-state index in [2.05, 4.69) is 4.72 Å². The summed E-state index contributed by atoms with van der Waals surface area (Å²) in [4.78, 5) is 0.293. The van der Waals surface area contributed by atoms with Gasteiger partial charge in [0, 0.05) is 6.04 Å². The van der Waals surface area contributed by atoms with Crippen LogP contribution in [0, 0.1) is 0 Å². The molecule has 0 amide bonds. The molecule has 1 radical (unpaired) electrons. The Bertz CT molecular complexity index is 381. The molecular formula is C9H10NO2S. The van der Waals surface area contributed by atoms with Gasteiger partial charge < -0.3 is 0 Å². The second kappa shape index (κ2) is 3.12. The third kappa shape index (κ3) is 2.08. The normalized spacial score (nSPS) is 17.2. The standard InChI is InChI=1S/C9H10NO2S/c11-13(12,10-8-6-7-8)9-4-2-1-3-5-9/h1-5,8H,6-7H2. The molecule has 0 spiro atoms. The minimum Gasteiger partial charge on any atom is -0.206 e. The van der Waals surface area contributed by atoms with Crippen LogP contribution in [0.15, 0.2) is 35.2 Å². The number of nitrogens with zero attached hydrogens (tertiary/aromatic N) is 1. The molecule has 1 aromatic carbocycles. The van der Waals surface area contributed by atoms with Crippen molar-refractivity contribution in [3.8, 4) is 0 Å². The summed E-state index contributed by atoms with van der Waals surface area (Å²) in [6, 6.07) is 8.38. The summed E-state index contributed by atoms with van der Waals surface area (Å²) in [6.07, 6.45) is 1.82. The zero-order chi connectivity index (χ0) is 9.31. The summed E-state index contributed by atoms with van der Waals surface area (Å²) in [5.74, 6) is 0. The van der Waals surface area contributed by atoms with Crippen molar-refractivity contribution < 1.29 is 8.42 Å². The molecular weight excluding hydrogens is 186 g/mol. The van der Waals surface area contributed by atoms with Crippen LogP contribution in [0.1, 0.15) is 12.8 Å². The van der Waals surface area contributed by atoms with Gasteiger partial charge in [-0.15, -0.1) is 4.72 Å². The van der Waals surface area contributed by atoms with Crippen molar-refractivity contribution in [3.05, 3.63) is 30.3 Å². The molecule has 2 rings (SSSR count). The van der Waals surface area contributed by atoms with Gasteiger partial charge >= 0.3 is 0 Å². The first-order valence-electron chi connectivity index (χ1n) is 4.21. The zero-order valence-electron chi connectivity index (χ0n) is 7.05. The predicted octanol–water partition coefficient (Wildman–Crippen LogP) is 1.14. The topological polar surface area (TPSA) is 48.2 Å². The van der Waals surface area contributed by atoms with E-state index in [1.54, 1.807) is 30.3 Å². The molecule has 0 bridgehead atoms. The molecule has 0 N–H and O–H groups in total. The van der Waals surface area contributed by atoms with E-state index in [1.807, 2.05) is 0 Å². The monoisotopic (exact) mass is 196 g/mol. The van der Waals surface area contributed by atoms with Crippen LogP contribution < -0.4 is 4.72 Å². The van der Waals surface area contributed by atoms with Crippen LogP contribution in [0.25, 0.3) is 0 Å². The average molecular weight is 196 g/mol. The number of sulfonamides is 1. The van der Waals surface area contributed by atoms with E-state index in [0.717, 1.165) is 12.8 Å². The third-order valence-corrected chi connectivity index (χ3v) is 3.32. The van der Waals surface area contributed by atoms with E-state index >= 15 is 0 Å². The fraction of sp³-hybridized carbons (Fsp3) is 0.333. The predicted molar refractivity (Wildman–Crippen MR) is 48.8 cm³/mol. The van der Waals surface area contributed by atoms with Gasteiger partial charge in [-0.1, -0.05) is 18.2 Å². The molecule has 0 saturated heterocycles. The van der Waals surface area contributed by atoms with E-state index < -0.39 is 10.0 Å². The maximum Gasteiger partial charge on any atom is 0.257 e. The molecule has 13 heavy (non-hydrogen) atoms. The van der Waals surface area contributed by atoms with Crippen molar-refractivity contribution in [2.24, 2.45) is 0 Å². The Morgan fingerprint density at radius 2 is 1.77 bits per heavy atom. The fourth-order valence-corrected chi connectivity index (χ4v) is 2.26. The summed E-state index contributed by atoms with van der Waals surface area (Å²) in [5, 5.41) is 0. The van der Waals surface area contributed by atoms with Crippen LogP contribution in [-0.2, 0) is 10.0 Å². The van der Waals surface area contributed by atoms with E-state index in [1.165, 1.54) is 0 Å². The first-order valence-corrected chi connectivity index (χ1v) is 5.65. The highest BCUT2D eigenvalue weighted by molar-refractivity contribution is 7.89. The molecule has 0 aliphatic heterocycles. The number of benzene rings is 1. The van der Waals surface area contributed by atoms with Crippen molar-refractivity contribution >= 4 is 10.0 Å². The second-order valence-corrected chi connectivity index (χ2v) is 4.76. The number of rotatable bonds is 3. The first kappa shape index (κ1) is 8.72. The van der Waals surface area contributed by atoms with Gasteiger partial charge in [-0.05, 0) is 25.0 Å². The summed E-state index contributed by atoms with van der Waals surface area (Å²) in [7, 11) is -3.37. The maximum atomic E-state index is 11.5.